The van der Waals surface area contributed by atoms with Crippen molar-refractivity contribution in [3.05, 3.63) is 59.7 Å². The molecule has 1 saturated heterocycles. The van der Waals surface area contributed by atoms with E-state index in [9.17, 15) is 19.5 Å². The minimum Gasteiger partial charge on any atom is -0.481 e. The molecule has 3 atom stereocenters. The zero-order chi connectivity index (χ0) is 23.5. The molecule has 0 saturated carbocycles. The normalized spacial score (nSPS) is 20.5. The summed E-state index contributed by atoms with van der Waals surface area (Å²) in [5.74, 6) is -1.76. The Morgan fingerprint density at radius 1 is 1.03 bits per heavy atom. The Kier molecular flexibility index (Phi) is 6.65. The van der Waals surface area contributed by atoms with Crippen LogP contribution in [0.2, 0.25) is 0 Å². The van der Waals surface area contributed by atoms with Gasteiger partial charge in [0.25, 0.3) is 0 Å². The van der Waals surface area contributed by atoms with Crippen LogP contribution < -0.4 is 5.32 Å². The van der Waals surface area contributed by atoms with Gasteiger partial charge in [-0.2, -0.15) is 0 Å². The molecule has 174 valence electrons. The Hall–Kier alpha value is -3.39. The molecule has 2 amide bonds. The zero-order valence-electron chi connectivity index (χ0n) is 18.7. The van der Waals surface area contributed by atoms with Gasteiger partial charge in [0.05, 0.1) is 18.6 Å². The molecule has 0 spiro atoms. The highest BCUT2D eigenvalue weighted by molar-refractivity contribution is 5.89. The fourth-order valence-electron chi connectivity index (χ4n) is 4.74. The number of hydrogen-bond donors (Lipinski definition) is 2. The third kappa shape index (κ3) is 5.01. The molecule has 4 rings (SSSR count). The largest absolute Gasteiger partial charge is 0.481 e. The van der Waals surface area contributed by atoms with Crippen LogP contribution in [0.4, 0.5) is 4.79 Å². The summed E-state index contributed by atoms with van der Waals surface area (Å²) in [7, 11) is 0. The maximum atomic E-state index is 13.0. The van der Waals surface area contributed by atoms with Crippen molar-refractivity contribution < 1.29 is 29.0 Å². The van der Waals surface area contributed by atoms with E-state index in [-0.39, 0.29) is 24.7 Å². The quantitative estimate of drug-likeness (QED) is 0.698. The van der Waals surface area contributed by atoms with E-state index in [1.807, 2.05) is 62.4 Å². The van der Waals surface area contributed by atoms with Crippen LogP contribution in [0.25, 0.3) is 11.1 Å². The van der Waals surface area contributed by atoms with Crippen LogP contribution in [-0.2, 0) is 19.1 Å². The average molecular weight is 453 g/mol. The summed E-state index contributed by atoms with van der Waals surface area (Å²) < 4.78 is 11.1. The molecule has 2 aromatic rings. The molecule has 0 radical (unpaired) electrons. The van der Waals surface area contributed by atoms with Crippen molar-refractivity contribution >= 4 is 18.0 Å². The van der Waals surface area contributed by atoms with Crippen molar-refractivity contribution in [1.29, 1.82) is 0 Å². The van der Waals surface area contributed by atoms with Crippen LogP contribution in [0.3, 0.4) is 0 Å². The van der Waals surface area contributed by atoms with Gasteiger partial charge in [-0.15, -0.1) is 0 Å². The van der Waals surface area contributed by atoms with E-state index < -0.39 is 30.4 Å². The highest BCUT2D eigenvalue weighted by Crippen LogP contribution is 2.44. The van der Waals surface area contributed by atoms with Crippen LogP contribution >= 0.6 is 0 Å². The monoisotopic (exact) mass is 452 g/mol. The molecule has 1 aliphatic carbocycles. The lowest BCUT2D eigenvalue weighted by Gasteiger charge is -2.37. The summed E-state index contributed by atoms with van der Waals surface area (Å²) in [6, 6.07) is 14.7. The third-order valence-corrected chi connectivity index (χ3v) is 6.04. The van der Waals surface area contributed by atoms with Crippen molar-refractivity contribution in [3.8, 4) is 11.1 Å². The van der Waals surface area contributed by atoms with Crippen molar-refractivity contribution in [2.45, 2.75) is 44.4 Å². The summed E-state index contributed by atoms with van der Waals surface area (Å²) in [6.07, 6.45) is -1.68. The average Bonchev–Trinajstić information content (AvgIpc) is 3.09. The molecule has 1 aliphatic heterocycles. The van der Waals surface area contributed by atoms with Crippen LogP contribution in [0.1, 0.15) is 37.3 Å². The van der Waals surface area contributed by atoms with Crippen LogP contribution in [-0.4, -0.2) is 65.9 Å². The number of nitrogens with zero attached hydrogens (tertiary/aromatic N) is 1. The van der Waals surface area contributed by atoms with E-state index in [4.69, 9.17) is 9.47 Å². The SMILES string of the molecule is CC1CN(C(=O)C(CC(=O)O)NC(=O)OCC2c3ccccc3-c3ccccc32)CC(C)O1. The first-order chi connectivity index (χ1) is 15.8. The molecular weight excluding hydrogens is 424 g/mol. The molecule has 8 heteroatoms. The third-order valence-electron chi connectivity index (χ3n) is 6.04. The van der Waals surface area contributed by atoms with Gasteiger partial charge in [-0.3, -0.25) is 9.59 Å². The van der Waals surface area contributed by atoms with Gasteiger partial charge in [0.2, 0.25) is 5.91 Å². The van der Waals surface area contributed by atoms with E-state index in [1.165, 1.54) is 4.90 Å². The number of nitrogens with one attached hydrogen (secondary N) is 1. The molecule has 2 aliphatic rings. The standard InChI is InChI=1S/C25H28N2O6/c1-15-12-27(13-16(2)33-15)24(30)22(11-23(28)29)26-25(31)32-14-21-19-9-5-3-7-17(19)18-8-4-6-10-20(18)21/h3-10,15-16,21-22H,11-14H2,1-2H3,(H,26,31)(H,28,29). The van der Waals surface area contributed by atoms with Crippen LogP contribution in [0, 0.1) is 0 Å². The molecule has 1 heterocycles. The molecule has 1 fully saturated rings. The number of alkyl carbamates (subject to hydrolysis) is 1. The first-order valence-corrected chi connectivity index (χ1v) is 11.1. The lowest BCUT2D eigenvalue weighted by atomic mass is 9.98. The van der Waals surface area contributed by atoms with E-state index in [0.717, 1.165) is 22.3 Å². The van der Waals surface area contributed by atoms with E-state index >= 15 is 0 Å². The van der Waals surface area contributed by atoms with Crippen molar-refractivity contribution in [1.82, 2.24) is 10.2 Å². The van der Waals surface area contributed by atoms with E-state index in [1.54, 1.807) is 0 Å². The van der Waals surface area contributed by atoms with Crippen molar-refractivity contribution in [2.75, 3.05) is 19.7 Å². The Morgan fingerprint density at radius 2 is 1.58 bits per heavy atom. The van der Waals surface area contributed by atoms with Gasteiger partial charge < -0.3 is 24.8 Å². The number of carboxylic acid groups (broad SMARTS) is 1. The number of ether oxygens (including phenoxy) is 2. The van der Waals surface area contributed by atoms with Gasteiger partial charge in [0.15, 0.2) is 0 Å². The maximum Gasteiger partial charge on any atom is 0.407 e. The first kappa shape index (κ1) is 22.8. The second kappa shape index (κ2) is 9.62. The first-order valence-electron chi connectivity index (χ1n) is 11.1. The van der Waals surface area contributed by atoms with Crippen LogP contribution in [0.5, 0.6) is 0 Å². The minimum atomic E-state index is -1.21. The summed E-state index contributed by atoms with van der Waals surface area (Å²) in [5.41, 5.74) is 4.36. The number of rotatable bonds is 6. The van der Waals surface area contributed by atoms with Gasteiger partial charge in [-0.05, 0) is 36.1 Å². The van der Waals surface area contributed by atoms with Gasteiger partial charge in [0.1, 0.15) is 12.6 Å². The topological polar surface area (TPSA) is 105 Å². The number of benzene rings is 2. The van der Waals surface area contributed by atoms with E-state index in [0.29, 0.717) is 13.1 Å². The number of fused-ring (bicyclic) bond motifs is 3. The molecule has 0 bridgehead atoms. The second-order valence-electron chi connectivity index (χ2n) is 8.62. The molecule has 3 unspecified atom stereocenters. The summed E-state index contributed by atoms with van der Waals surface area (Å²) >= 11 is 0. The number of carbonyl (C=O) groups excluding carboxylic acids is 2. The number of carboxylic acids is 1. The van der Waals surface area contributed by atoms with Gasteiger partial charge >= 0.3 is 12.1 Å². The smallest absolute Gasteiger partial charge is 0.407 e. The molecule has 8 nitrogen and oxygen atoms in total. The Morgan fingerprint density at radius 3 is 2.12 bits per heavy atom. The lowest BCUT2D eigenvalue weighted by Crippen LogP contribution is -2.55. The highest BCUT2D eigenvalue weighted by atomic mass is 16.5. The van der Waals surface area contributed by atoms with Gasteiger partial charge in [-0.25, -0.2) is 4.79 Å². The molecule has 2 N–H and O–H groups in total. The van der Waals surface area contributed by atoms with Gasteiger partial charge in [0, 0.05) is 19.0 Å². The van der Waals surface area contributed by atoms with Crippen molar-refractivity contribution in [3.63, 3.8) is 0 Å². The Labute approximate surface area is 192 Å². The highest BCUT2D eigenvalue weighted by Gasteiger charge is 2.34. The fraction of sp³-hybridized carbons (Fsp3) is 0.400. The Bertz CT molecular complexity index is 999. The van der Waals surface area contributed by atoms with E-state index in [2.05, 4.69) is 5.32 Å². The number of carbonyl (C=O) groups is 3. The summed E-state index contributed by atoms with van der Waals surface area (Å²) in [4.78, 5) is 38.5. The Balaban J connectivity index is 1.43. The molecular formula is C25H28N2O6. The second-order valence-corrected chi connectivity index (χ2v) is 8.62. The number of aliphatic carboxylic acids is 1. The lowest BCUT2D eigenvalue weighted by molar-refractivity contribution is -0.149. The van der Waals surface area contributed by atoms with Crippen molar-refractivity contribution in [2.24, 2.45) is 0 Å². The predicted octanol–water partition coefficient (Wildman–Crippen LogP) is 3.00. The van der Waals surface area contributed by atoms with Gasteiger partial charge in [-0.1, -0.05) is 48.5 Å². The molecule has 33 heavy (non-hydrogen) atoms. The number of hydrogen-bond acceptors (Lipinski definition) is 5. The maximum absolute atomic E-state index is 13.0. The number of morpholine rings is 1. The fourth-order valence-corrected chi connectivity index (χ4v) is 4.74. The zero-order valence-corrected chi connectivity index (χ0v) is 18.7. The number of amides is 2. The summed E-state index contributed by atoms with van der Waals surface area (Å²) in [5, 5.41) is 11.8. The minimum absolute atomic E-state index is 0.0828. The van der Waals surface area contributed by atoms with Crippen LogP contribution in [0.15, 0.2) is 48.5 Å². The predicted molar refractivity (Wildman–Crippen MR) is 121 cm³/mol. The molecule has 2 aromatic carbocycles. The molecule has 0 aromatic heterocycles. The summed E-state index contributed by atoms with van der Waals surface area (Å²) in [6.45, 7) is 4.46.